The highest BCUT2D eigenvalue weighted by molar-refractivity contribution is 7.94. The first kappa shape index (κ1) is 19.4. The highest BCUT2D eigenvalue weighted by Gasteiger charge is 2.38. The predicted molar refractivity (Wildman–Crippen MR) is 103 cm³/mol. The standard InChI is InChI=1S/C21H19ClF2O3S/c22-15-5-7-16(8-6-15)28(25,26)12-14-4-2-1-3-13-11-27-18-10-9-17(23)21(24)20(18)19(13)14/h5-10,12-13,19H,1-4,11H2/b14-12+/t13-,19+/m1/s1. The van der Waals surface area contributed by atoms with Crippen LogP contribution in [0.5, 0.6) is 5.75 Å². The topological polar surface area (TPSA) is 43.4 Å². The summed E-state index contributed by atoms with van der Waals surface area (Å²) in [4.78, 5) is 0.122. The number of sulfone groups is 1. The smallest absolute Gasteiger partial charge is 0.199 e. The maximum absolute atomic E-state index is 14.7. The molecule has 4 rings (SSSR count). The van der Waals surface area contributed by atoms with E-state index in [1.807, 2.05) is 0 Å². The van der Waals surface area contributed by atoms with Gasteiger partial charge in [-0.2, -0.15) is 0 Å². The first-order chi connectivity index (χ1) is 13.4. The Balaban J connectivity index is 1.84. The third kappa shape index (κ3) is 3.55. The Labute approximate surface area is 167 Å². The highest BCUT2D eigenvalue weighted by atomic mass is 35.5. The summed E-state index contributed by atoms with van der Waals surface area (Å²) in [6.07, 6.45) is 2.97. The number of hydrogen-bond acceptors (Lipinski definition) is 3. The summed E-state index contributed by atoms with van der Waals surface area (Å²) in [7, 11) is -3.75. The Morgan fingerprint density at radius 3 is 2.57 bits per heavy atom. The monoisotopic (exact) mass is 424 g/mol. The van der Waals surface area contributed by atoms with Gasteiger partial charge >= 0.3 is 0 Å². The second kappa shape index (κ2) is 7.48. The van der Waals surface area contributed by atoms with Crippen molar-refractivity contribution in [3.8, 4) is 5.75 Å². The summed E-state index contributed by atoms with van der Waals surface area (Å²) < 4.78 is 60.2. The summed E-state index contributed by atoms with van der Waals surface area (Å²) in [5.41, 5.74) is 0.738. The van der Waals surface area contributed by atoms with Crippen LogP contribution in [0.15, 0.2) is 52.3 Å². The number of allylic oxidation sites excluding steroid dienone is 1. The Kier molecular flexibility index (Phi) is 5.19. The molecular weight excluding hydrogens is 406 g/mol. The van der Waals surface area contributed by atoms with E-state index in [0.717, 1.165) is 25.3 Å². The van der Waals surface area contributed by atoms with Crippen LogP contribution in [0.2, 0.25) is 5.02 Å². The fourth-order valence-corrected chi connectivity index (χ4v) is 5.59. The van der Waals surface area contributed by atoms with E-state index < -0.39 is 27.4 Å². The molecule has 1 aliphatic carbocycles. The fraction of sp³-hybridized carbons (Fsp3) is 0.333. The van der Waals surface area contributed by atoms with Crippen LogP contribution in [0.4, 0.5) is 8.78 Å². The molecule has 3 nitrogen and oxygen atoms in total. The van der Waals surface area contributed by atoms with Gasteiger partial charge in [-0.15, -0.1) is 0 Å². The molecule has 0 radical (unpaired) electrons. The van der Waals surface area contributed by atoms with Gasteiger partial charge in [-0.3, -0.25) is 0 Å². The lowest BCUT2D eigenvalue weighted by Crippen LogP contribution is -2.28. The van der Waals surface area contributed by atoms with E-state index in [4.69, 9.17) is 16.3 Å². The molecule has 0 N–H and O–H groups in total. The summed E-state index contributed by atoms with van der Waals surface area (Å²) in [6, 6.07) is 8.38. The molecule has 1 fully saturated rings. The molecule has 2 aliphatic rings. The van der Waals surface area contributed by atoms with E-state index in [9.17, 15) is 17.2 Å². The number of ether oxygens (including phenoxy) is 1. The van der Waals surface area contributed by atoms with Crippen molar-refractivity contribution in [2.45, 2.75) is 36.5 Å². The van der Waals surface area contributed by atoms with Crippen LogP contribution in [0.1, 0.15) is 37.2 Å². The molecule has 0 bridgehead atoms. The van der Waals surface area contributed by atoms with Crippen molar-refractivity contribution in [2.24, 2.45) is 5.92 Å². The minimum absolute atomic E-state index is 0.0852. The first-order valence-corrected chi connectivity index (χ1v) is 11.1. The van der Waals surface area contributed by atoms with E-state index >= 15 is 0 Å². The van der Waals surface area contributed by atoms with Gasteiger partial charge in [0, 0.05) is 27.8 Å². The summed E-state index contributed by atoms with van der Waals surface area (Å²) in [6.45, 7) is 0.362. The highest BCUT2D eigenvalue weighted by Crippen LogP contribution is 2.48. The molecule has 0 amide bonds. The average Bonchev–Trinajstić information content (AvgIpc) is 2.87. The maximum atomic E-state index is 14.7. The molecule has 148 valence electrons. The fourth-order valence-electron chi connectivity index (χ4n) is 4.15. The SMILES string of the molecule is O=S(=O)(/C=C1\CCCC[C@@H]2COc3ccc(F)c(F)c3[C@H]12)c1ccc(Cl)cc1. The molecular formula is C21H19ClF2O3S. The van der Waals surface area contributed by atoms with Gasteiger partial charge in [-0.25, -0.2) is 17.2 Å². The lowest BCUT2D eigenvalue weighted by atomic mass is 9.78. The molecule has 0 unspecified atom stereocenters. The van der Waals surface area contributed by atoms with Gasteiger partial charge in [0.05, 0.1) is 11.5 Å². The van der Waals surface area contributed by atoms with Crippen LogP contribution < -0.4 is 4.74 Å². The lowest BCUT2D eigenvalue weighted by Gasteiger charge is -2.34. The van der Waals surface area contributed by atoms with Gasteiger partial charge in [0.2, 0.25) is 0 Å². The molecule has 28 heavy (non-hydrogen) atoms. The van der Waals surface area contributed by atoms with E-state index in [2.05, 4.69) is 0 Å². The van der Waals surface area contributed by atoms with Crippen molar-refractivity contribution in [1.82, 2.24) is 0 Å². The van der Waals surface area contributed by atoms with Gasteiger partial charge < -0.3 is 4.74 Å². The van der Waals surface area contributed by atoms with Crippen LogP contribution in [-0.2, 0) is 9.84 Å². The van der Waals surface area contributed by atoms with Gasteiger partial charge in [-0.05, 0) is 55.7 Å². The van der Waals surface area contributed by atoms with E-state index in [1.165, 1.54) is 35.7 Å². The minimum Gasteiger partial charge on any atom is -0.493 e. The summed E-state index contributed by atoms with van der Waals surface area (Å²) >= 11 is 5.85. The van der Waals surface area contributed by atoms with Crippen LogP contribution in [-0.4, -0.2) is 15.0 Å². The van der Waals surface area contributed by atoms with Crippen molar-refractivity contribution in [1.29, 1.82) is 0 Å². The normalized spacial score (nSPS) is 23.5. The second-order valence-electron chi connectivity index (χ2n) is 7.26. The molecule has 2 aromatic rings. The summed E-state index contributed by atoms with van der Waals surface area (Å²) in [5, 5.41) is 1.68. The average molecular weight is 425 g/mol. The van der Waals surface area contributed by atoms with Crippen LogP contribution >= 0.6 is 11.6 Å². The van der Waals surface area contributed by atoms with Crippen molar-refractivity contribution in [2.75, 3.05) is 6.61 Å². The molecule has 0 saturated heterocycles. The molecule has 2 aromatic carbocycles. The van der Waals surface area contributed by atoms with Crippen molar-refractivity contribution in [3.63, 3.8) is 0 Å². The quantitative estimate of drug-likeness (QED) is 0.626. The lowest BCUT2D eigenvalue weighted by molar-refractivity contribution is 0.193. The van der Waals surface area contributed by atoms with Crippen molar-refractivity contribution in [3.05, 3.63) is 69.6 Å². The van der Waals surface area contributed by atoms with Crippen LogP contribution in [0, 0.1) is 17.6 Å². The number of rotatable bonds is 2. The van der Waals surface area contributed by atoms with Gasteiger partial charge in [0.15, 0.2) is 21.5 Å². The van der Waals surface area contributed by atoms with E-state index in [1.54, 1.807) is 0 Å². The van der Waals surface area contributed by atoms with Crippen molar-refractivity contribution < 1.29 is 21.9 Å². The zero-order valence-corrected chi connectivity index (χ0v) is 16.6. The number of benzene rings is 2. The van der Waals surface area contributed by atoms with Gasteiger partial charge in [0.25, 0.3) is 0 Å². The molecule has 2 atom stereocenters. The van der Waals surface area contributed by atoms with E-state index in [0.29, 0.717) is 23.6 Å². The third-order valence-electron chi connectivity index (χ3n) is 5.47. The minimum atomic E-state index is -3.75. The Morgan fingerprint density at radius 2 is 1.82 bits per heavy atom. The van der Waals surface area contributed by atoms with Crippen LogP contribution in [0.25, 0.3) is 0 Å². The third-order valence-corrected chi connectivity index (χ3v) is 7.26. The van der Waals surface area contributed by atoms with Gasteiger partial charge in [0.1, 0.15) is 5.75 Å². The molecule has 7 heteroatoms. The zero-order chi connectivity index (χ0) is 19.9. The molecule has 1 heterocycles. The molecule has 0 spiro atoms. The number of fused-ring (bicyclic) bond motifs is 3. The zero-order valence-electron chi connectivity index (χ0n) is 15.0. The number of halogens is 3. The second-order valence-corrected chi connectivity index (χ2v) is 9.49. The van der Waals surface area contributed by atoms with Crippen molar-refractivity contribution >= 4 is 21.4 Å². The largest absolute Gasteiger partial charge is 0.493 e. The predicted octanol–water partition coefficient (Wildman–Crippen LogP) is 5.64. The first-order valence-electron chi connectivity index (χ1n) is 9.18. The molecule has 1 saturated carbocycles. The Bertz CT molecular complexity index is 1030. The van der Waals surface area contributed by atoms with Gasteiger partial charge in [-0.1, -0.05) is 23.6 Å². The Morgan fingerprint density at radius 1 is 1.07 bits per heavy atom. The van der Waals surface area contributed by atoms with Crippen LogP contribution in [0.3, 0.4) is 0 Å². The molecule has 1 aliphatic heterocycles. The maximum Gasteiger partial charge on any atom is 0.199 e. The van der Waals surface area contributed by atoms with E-state index in [-0.39, 0.29) is 22.1 Å². The molecule has 0 aromatic heterocycles. The summed E-state index contributed by atoms with van der Waals surface area (Å²) in [5.74, 6) is -2.21. The Hall–Kier alpha value is -1.92. The number of hydrogen-bond donors (Lipinski definition) is 0.